The fourth-order valence-corrected chi connectivity index (χ4v) is 4.67. The maximum absolute atomic E-state index is 12.8. The van der Waals surface area contributed by atoms with E-state index in [9.17, 15) is 14.7 Å². The molecule has 0 saturated carbocycles. The SMILES string of the molecule is O=C(O)c1cccc(N2CCN(C(=O)OCC3c4ccccc4-c4ccccc43)CC2)c1. The highest BCUT2D eigenvalue weighted by molar-refractivity contribution is 5.88. The molecule has 1 fully saturated rings. The maximum atomic E-state index is 12.8. The van der Waals surface area contributed by atoms with Crippen LogP contribution in [0.5, 0.6) is 0 Å². The highest BCUT2D eigenvalue weighted by atomic mass is 16.6. The average Bonchev–Trinajstić information content (AvgIpc) is 3.16. The summed E-state index contributed by atoms with van der Waals surface area (Å²) in [6.45, 7) is 2.65. The fraction of sp³-hybridized carbons (Fsp3) is 0.231. The van der Waals surface area contributed by atoms with E-state index in [0.29, 0.717) is 32.8 Å². The Kier molecular flexibility index (Phi) is 5.27. The summed E-state index contributed by atoms with van der Waals surface area (Å²) < 4.78 is 5.76. The summed E-state index contributed by atoms with van der Waals surface area (Å²) in [7, 11) is 0. The van der Waals surface area contributed by atoms with E-state index >= 15 is 0 Å². The first-order valence-electron chi connectivity index (χ1n) is 10.8. The van der Waals surface area contributed by atoms with Gasteiger partial charge in [0.1, 0.15) is 6.61 Å². The Morgan fingerprint density at radius 3 is 2.09 bits per heavy atom. The molecule has 0 bridgehead atoms. The quantitative estimate of drug-likeness (QED) is 0.665. The first-order valence-corrected chi connectivity index (χ1v) is 10.8. The van der Waals surface area contributed by atoms with Crippen molar-refractivity contribution >= 4 is 17.7 Å². The number of aromatic carboxylic acids is 1. The number of ether oxygens (including phenoxy) is 1. The van der Waals surface area contributed by atoms with Gasteiger partial charge >= 0.3 is 12.1 Å². The molecule has 162 valence electrons. The third kappa shape index (κ3) is 3.68. The highest BCUT2D eigenvalue weighted by Gasteiger charge is 2.30. The van der Waals surface area contributed by atoms with Gasteiger partial charge < -0.3 is 19.6 Å². The van der Waals surface area contributed by atoms with Crippen molar-refractivity contribution in [2.45, 2.75) is 5.92 Å². The number of nitrogens with zero attached hydrogens (tertiary/aromatic N) is 2. The van der Waals surface area contributed by atoms with Crippen LogP contribution in [0.15, 0.2) is 72.8 Å². The van der Waals surface area contributed by atoms with E-state index in [1.807, 2.05) is 30.3 Å². The minimum Gasteiger partial charge on any atom is -0.478 e. The Morgan fingerprint density at radius 2 is 1.47 bits per heavy atom. The van der Waals surface area contributed by atoms with Crippen LogP contribution in [0, 0.1) is 0 Å². The molecule has 1 aliphatic carbocycles. The number of rotatable bonds is 4. The minimum atomic E-state index is -0.941. The number of hydrogen-bond acceptors (Lipinski definition) is 4. The molecular formula is C26H24N2O4. The van der Waals surface area contributed by atoms with Crippen molar-refractivity contribution in [2.75, 3.05) is 37.7 Å². The second kappa shape index (κ2) is 8.38. The topological polar surface area (TPSA) is 70.1 Å². The molecule has 32 heavy (non-hydrogen) atoms. The molecule has 5 rings (SSSR count). The number of carbonyl (C=O) groups is 2. The van der Waals surface area contributed by atoms with Crippen LogP contribution < -0.4 is 4.90 Å². The number of carboxylic acids is 1. The number of fused-ring (bicyclic) bond motifs is 3. The highest BCUT2D eigenvalue weighted by Crippen LogP contribution is 2.44. The monoisotopic (exact) mass is 428 g/mol. The summed E-state index contributed by atoms with van der Waals surface area (Å²) >= 11 is 0. The van der Waals surface area contributed by atoms with Gasteiger partial charge in [-0.15, -0.1) is 0 Å². The molecule has 0 atom stereocenters. The van der Waals surface area contributed by atoms with Gasteiger partial charge in [-0.2, -0.15) is 0 Å². The number of anilines is 1. The smallest absolute Gasteiger partial charge is 0.409 e. The molecule has 1 aliphatic heterocycles. The molecule has 1 amide bonds. The molecule has 3 aromatic carbocycles. The normalized spacial score (nSPS) is 15.2. The largest absolute Gasteiger partial charge is 0.478 e. The molecule has 6 nitrogen and oxygen atoms in total. The Labute approximate surface area is 186 Å². The Hall–Kier alpha value is -3.80. The van der Waals surface area contributed by atoms with Gasteiger partial charge in [0.05, 0.1) is 5.56 Å². The average molecular weight is 428 g/mol. The summed E-state index contributed by atoms with van der Waals surface area (Å²) in [4.78, 5) is 27.8. The minimum absolute atomic E-state index is 0.0476. The number of amides is 1. The van der Waals surface area contributed by atoms with E-state index < -0.39 is 5.97 Å². The van der Waals surface area contributed by atoms with Gasteiger partial charge in [-0.25, -0.2) is 9.59 Å². The molecule has 3 aromatic rings. The van der Waals surface area contributed by atoms with Gasteiger partial charge in [-0.05, 0) is 40.5 Å². The standard InChI is InChI=1S/C26H24N2O4/c29-25(30)18-6-5-7-19(16-18)27-12-14-28(15-13-27)26(31)32-17-24-22-10-3-1-8-20(22)21-9-2-4-11-23(21)24/h1-11,16,24H,12-15,17H2,(H,29,30). The zero-order valence-electron chi connectivity index (χ0n) is 17.6. The first-order chi connectivity index (χ1) is 15.6. The van der Waals surface area contributed by atoms with Crippen LogP contribution >= 0.6 is 0 Å². The van der Waals surface area contributed by atoms with E-state index in [2.05, 4.69) is 29.2 Å². The summed E-state index contributed by atoms with van der Waals surface area (Å²) in [6.07, 6.45) is -0.300. The van der Waals surface area contributed by atoms with Crippen LogP contribution in [-0.4, -0.2) is 54.9 Å². The van der Waals surface area contributed by atoms with Gasteiger partial charge in [0.15, 0.2) is 0 Å². The zero-order chi connectivity index (χ0) is 22.1. The van der Waals surface area contributed by atoms with Crippen molar-refractivity contribution in [3.05, 3.63) is 89.5 Å². The van der Waals surface area contributed by atoms with Crippen LogP contribution in [0.4, 0.5) is 10.5 Å². The lowest BCUT2D eigenvalue weighted by Crippen LogP contribution is -2.49. The molecule has 0 radical (unpaired) electrons. The van der Waals surface area contributed by atoms with E-state index in [1.165, 1.54) is 22.3 Å². The van der Waals surface area contributed by atoms with Gasteiger partial charge in [0.25, 0.3) is 0 Å². The molecule has 0 spiro atoms. The molecule has 1 saturated heterocycles. The van der Waals surface area contributed by atoms with Crippen molar-refractivity contribution in [2.24, 2.45) is 0 Å². The number of benzene rings is 3. The molecule has 1 heterocycles. The lowest BCUT2D eigenvalue weighted by Gasteiger charge is -2.35. The maximum Gasteiger partial charge on any atom is 0.409 e. The molecule has 0 unspecified atom stereocenters. The second-order valence-electron chi connectivity index (χ2n) is 8.13. The first kappa shape index (κ1) is 20.1. The lowest BCUT2D eigenvalue weighted by molar-refractivity contribution is 0.0696. The molecule has 2 aliphatic rings. The molecular weight excluding hydrogens is 404 g/mol. The van der Waals surface area contributed by atoms with Gasteiger partial charge in [-0.3, -0.25) is 0 Å². The van der Waals surface area contributed by atoms with Crippen LogP contribution in [0.25, 0.3) is 11.1 Å². The number of hydrogen-bond donors (Lipinski definition) is 1. The van der Waals surface area contributed by atoms with Crippen molar-refractivity contribution in [3.63, 3.8) is 0 Å². The van der Waals surface area contributed by atoms with E-state index in [0.717, 1.165) is 5.69 Å². The van der Waals surface area contributed by atoms with Crippen LogP contribution in [-0.2, 0) is 4.74 Å². The number of carbonyl (C=O) groups excluding carboxylic acids is 1. The second-order valence-corrected chi connectivity index (χ2v) is 8.13. The van der Waals surface area contributed by atoms with Gasteiger partial charge in [0, 0.05) is 37.8 Å². The molecule has 1 N–H and O–H groups in total. The number of carboxylic acid groups (broad SMARTS) is 1. The summed E-state index contributed by atoms with van der Waals surface area (Å²) in [5.74, 6) is -0.893. The van der Waals surface area contributed by atoms with Crippen molar-refractivity contribution in [3.8, 4) is 11.1 Å². The summed E-state index contributed by atoms with van der Waals surface area (Å²) in [6, 6.07) is 23.5. The fourth-order valence-electron chi connectivity index (χ4n) is 4.67. The van der Waals surface area contributed by atoms with Crippen LogP contribution in [0.2, 0.25) is 0 Å². The Morgan fingerprint density at radius 1 is 0.844 bits per heavy atom. The van der Waals surface area contributed by atoms with Gasteiger partial charge in [-0.1, -0.05) is 54.6 Å². The van der Waals surface area contributed by atoms with Crippen LogP contribution in [0.3, 0.4) is 0 Å². The van der Waals surface area contributed by atoms with E-state index in [4.69, 9.17) is 4.74 Å². The predicted molar refractivity (Wildman–Crippen MR) is 122 cm³/mol. The van der Waals surface area contributed by atoms with Crippen molar-refractivity contribution < 1.29 is 19.4 Å². The van der Waals surface area contributed by atoms with E-state index in [1.54, 1.807) is 23.1 Å². The van der Waals surface area contributed by atoms with Crippen LogP contribution in [0.1, 0.15) is 27.4 Å². The zero-order valence-corrected chi connectivity index (χ0v) is 17.6. The third-order valence-corrected chi connectivity index (χ3v) is 6.33. The summed E-state index contributed by atoms with van der Waals surface area (Å²) in [5, 5.41) is 9.21. The third-order valence-electron chi connectivity index (χ3n) is 6.33. The predicted octanol–water partition coefficient (Wildman–Crippen LogP) is 4.46. The summed E-state index contributed by atoms with van der Waals surface area (Å²) in [5.41, 5.74) is 5.94. The van der Waals surface area contributed by atoms with Gasteiger partial charge in [0.2, 0.25) is 0 Å². The van der Waals surface area contributed by atoms with Crippen molar-refractivity contribution in [1.29, 1.82) is 0 Å². The molecule has 0 aromatic heterocycles. The molecule has 6 heteroatoms. The van der Waals surface area contributed by atoms with E-state index in [-0.39, 0.29) is 17.6 Å². The Bertz CT molecular complexity index is 1120. The number of piperazine rings is 1. The Balaban J connectivity index is 1.21. The van der Waals surface area contributed by atoms with Crippen molar-refractivity contribution in [1.82, 2.24) is 4.90 Å². The lowest BCUT2D eigenvalue weighted by atomic mass is 9.98.